The van der Waals surface area contributed by atoms with Gasteiger partial charge in [-0.2, -0.15) is 0 Å². The molecule has 16 heavy (non-hydrogen) atoms. The maximum Gasteiger partial charge on any atom is 0.0184 e. The van der Waals surface area contributed by atoms with Crippen molar-refractivity contribution < 1.29 is 0 Å². The molecule has 0 aliphatic carbocycles. The van der Waals surface area contributed by atoms with E-state index >= 15 is 0 Å². The van der Waals surface area contributed by atoms with Crippen LogP contribution in [0.25, 0.3) is 0 Å². The minimum atomic E-state index is 0.481. The fourth-order valence-corrected chi connectivity index (χ4v) is 1.86. The van der Waals surface area contributed by atoms with Gasteiger partial charge in [0.15, 0.2) is 0 Å². The van der Waals surface area contributed by atoms with Crippen molar-refractivity contribution in [1.82, 2.24) is 5.01 Å². The summed E-state index contributed by atoms with van der Waals surface area (Å²) in [5, 5.41) is 1.95. The van der Waals surface area contributed by atoms with Crippen molar-refractivity contribution in [3.8, 4) is 0 Å². The molecule has 0 saturated carbocycles. The number of unbranched alkanes of at least 4 members (excludes halogenated alkanes) is 8. The Hall–Kier alpha value is -0.0800. The lowest BCUT2D eigenvalue weighted by Crippen LogP contribution is -2.38. The minimum Gasteiger partial charge on any atom is -0.269 e. The predicted molar refractivity (Wildman–Crippen MR) is 73.3 cm³/mol. The Morgan fingerprint density at radius 3 is 1.69 bits per heavy atom. The summed E-state index contributed by atoms with van der Waals surface area (Å²) >= 11 is 0. The Morgan fingerprint density at radius 1 is 0.812 bits per heavy atom. The van der Waals surface area contributed by atoms with Crippen molar-refractivity contribution in [2.24, 2.45) is 5.84 Å². The molecule has 0 rings (SSSR count). The van der Waals surface area contributed by atoms with E-state index in [2.05, 4.69) is 20.8 Å². The van der Waals surface area contributed by atoms with E-state index in [0.29, 0.717) is 6.04 Å². The van der Waals surface area contributed by atoms with E-state index in [1.54, 1.807) is 0 Å². The van der Waals surface area contributed by atoms with Crippen molar-refractivity contribution in [2.45, 2.75) is 84.6 Å². The Morgan fingerprint density at radius 2 is 1.25 bits per heavy atom. The van der Waals surface area contributed by atoms with Crippen LogP contribution in [0, 0.1) is 0 Å². The summed E-state index contributed by atoms with van der Waals surface area (Å²) in [5.74, 6) is 5.85. The molecule has 0 spiro atoms. The molecule has 0 atom stereocenters. The zero-order valence-electron chi connectivity index (χ0n) is 11.7. The average molecular weight is 228 g/mol. The first-order valence-electron chi connectivity index (χ1n) is 7.19. The van der Waals surface area contributed by atoms with E-state index < -0.39 is 0 Å². The summed E-state index contributed by atoms with van der Waals surface area (Å²) in [6, 6.07) is 0.481. The van der Waals surface area contributed by atoms with Crippen LogP contribution in [0.1, 0.15) is 78.6 Å². The Labute approximate surface area is 103 Å². The van der Waals surface area contributed by atoms with Crippen LogP contribution in [0.2, 0.25) is 0 Å². The van der Waals surface area contributed by atoms with E-state index in [1.807, 2.05) is 5.01 Å². The lowest BCUT2D eigenvalue weighted by atomic mass is 10.1. The molecule has 0 aromatic carbocycles. The lowest BCUT2D eigenvalue weighted by molar-refractivity contribution is 0.222. The molecule has 0 aliphatic rings. The third kappa shape index (κ3) is 10.4. The van der Waals surface area contributed by atoms with Crippen LogP contribution in [-0.2, 0) is 0 Å². The Balaban J connectivity index is 3.04. The molecular formula is C14H32N2. The number of hydrogen-bond donors (Lipinski definition) is 1. The van der Waals surface area contributed by atoms with Gasteiger partial charge in [-0.25, -0.2) is 5.01 Å². The van der Waals surface area contributed by atoms with E-state index in [1.165, 1.54) is 57.8 Å². The highest BCUT2D eigenvalue weighted by Gasteiger charge is 2.02. The fraction of sp³-hybridized carbons (Fsp3) is 1.00. The maximum atomic E-state index is 5.85. The molecule has 0 saturated heterocycles. The summed E-state index contributed by atoms with van der Waals surface area (Å²) in [7, 11) is 0. The van der Waals surface area contributed by atoms with Crippen LogP contribution in [0.5, 0.6) is 0 Å². The summed E-state index contributed by atoms with van der Waals surface area (Å²) in [6.45, 7) is 7.61. The zero-order valence-corrected chi connectivity index (χ0v) is 11.7. The monoisotopic (exact) mass is 228 g/mol. The molecule has 0 fully saturated rings. The normalized spacial score (nSPS) is 11.6. The SMILES string of the molecule is CCCCCCCCCCCN(N)C(C)C. The highest BCUT2D eigenvalue weighted by Crippen LogP contribution is 2.09. The van der Waals surface area contributed by atoms with Crippen LogP contribution in [0.4, 0.5) is 0 Å². The van der Waals surface area contributed by atoms with Gasteiger partial charge in [0.25, 0.3) is 0 Å². The van der Waals surface area contributed by atoms with Crippen molar-refractivity contribution in [3.63, 3.8) is 0 Å². The van der Waals surface area contributed by atoms with E-state index in [9.17, 15) is 0 Å². The molecule has 98 valence electrons. The first-order chi connectivity index (χ1) is 7.68. The van der Waals surface area contributed by atoms with Crippen LogP contribution >= 0.6 is 0 Å². The van der Waals surface area contributed by atoms with Gasteiger partial charge in [-0.3, -0.25) is 5.84 Å². The summed E-state index contributed by atoms with van der Waals surface area (Å²) < 4.78 is 0. The van der Waals surface area contributed by atoms with Gasteiger partial charge in [0, 0.05) is 12.6 Å². The third-order valence-corrected chi connectivity index (χ3v) is 3.18. The molecular weight excluding hydrogens is 196 g/mol. The number of rotatable bonds is 11. The first-order valence-corrected chi connectivity index (χ1v) is 7.19. The van der Waals surface area contributed by atoms with Crippen LogP contribution in [0.3, 0.4) is 0 Å². The summed E-state index contributed by atoms with van der Waals surface area (Å²) in [5.41, 5.74) is 0. The number of hydrazine groups is 1. The van der Waals surface area contributed by atoms with Gasteiger partial charge < -0.3 is 0 Å². The van der Waals surface area contributed by atoms with E-state index in [-0.39, 0.29) is 0 Å². The molecule has 0 aromatic rings. The van der Waals surface area contributed by atoms with E-state index in [4.69, 9.17) is 5.84 Å². The standard InChI is InChI=1S/C14H32N2/c1-4-5-6-7-8-9-10-11-12-13-16(15)14(2)3/h14H,4-13,15H2,1-3H3. The highest BCUT2D eigenvalue weighted by molar-refractivity contribution is 4.55. The van der Waals surface area contributed by atoms with Gasteiger partial charge in [-0.05, 0) is 20.3 Å². The average Bonchev–Trinajstić information content (AvgIpc) is 2.26. The molecule has 2 nitrogen and oxygen atoms in total. The molecule has 0 heterocycles. The molecule has 0 aromatic heterocycles. The van der Waals surface area contributed by atoms with Crippen molar-refractivity contribution in [3.05, 3.63) is 0 Å². The largest absolute Gasteiger partial charge is 0.269 e. The number of hydrogen-bond acceptors (Lipinski definition) is 2. The second-order valence-electron chi connectivity index (χ2n) is 5.16. The van der Waals surface area contributed by atoms with Gasteiger partial charge in [0.05, 0.1) is 0 Å². The minimum absolute atomic E-state index is 0.481. The van der Waals surface area contributed by atoms with Crippen molar-refractivity contribution in [1.29, 1.82) is 0 Å². The second-order valence-corrected chi connectivity index (χ2v) is 5.16. The van der Waals surface area contributed by atoms with Gasteiger partial charge >= 0.3 is 0 Å². The van der Waals surface area contributed by atoms with Crippen LogP contribution in [-0.4, -0.2) is 17.6 Å². The molecule has 0 amide bonds. The Bertz CT molecular complexity index is 135. The summed E-state index contributed by atoms with van der Waals surface area (Å²) in [6.07, 6.45) is 12.4. The van der Waals surface area contributed by atoms with Gasteiger partial charge in [0.2, 0.25) is 0 Å². The topological polar surface area (TPSA) is 29.3 Å². The number of nitrogens with zero attached hydrogens (tertiary/aromatic N) is 1. The quantitative estimate of drug-likeness (QED) is 0.328. The molecule has 2 heteroatoms. The van der Waals surface area contributed by atoms with Gasteiger partial charge in [-0.15, -0.1) is 0 Å². The predicted octanol–water partition coefficient (Wildman–Crippen LogP) is 4.10. The van der Waals surface area contributed by atoms with Crippen LogP contribution < -0.4 is 5.84 Å². The molecule has 2 N–H and O–H groups in total. The Kier molecular flexibility index (Phi) is 11.3. The van der Waals surface area contributed by atoms with Gasteiger partial charge in [0.1, 0.15) is 0 Å². The van der Waals surface area contributed by atoms with Crippen molar-refractivity contribution >= 4 is 0 Å². The summed E-state index contributed by atoms with van der Waals surface area (Å²) in [4.78, 5) is 0. The fourth-order valence-electron chi connectivity index (χ4n) is 1.86. The molecule has 0 unspecified atom stereocenters. The zero-order chi connectivity index (χ0) is 12.2. The second kappa shape index (κ2) is 11.4. The van der Waals surface area contributed by atoms with E-state index in [0.717, 1.165) is 6.54 Å². The highest BCUT2D eigenvalue weighted by atomic mass is 15.4. The van der Waals surface area contributed by atoms with Crippen molar-refractivity contribution in [2.75, 3.05) is 6.54 Å². The smallest absolute Gasteiger partial charge is 0.0184 e. The number of nitrogens with two attached hydrogens (primary N) is 1. The molecule has 0 bridgehead atoms. The molecule has 0 radical (unpaired) electrons. The third-order valence-electron chi connectivity index (χ3n) is 3.18. The lowest BCUT2D eigenvalue weighted by Gasteiger charge is -2.20. The first kappa shape index (κ1) is 15.9. The van der Waals surface area contributed by atoms with Crippen LogP contribution in [0.15, 0.2) is 0 Å². The molecule has 0 aliphatic heterocycles. The maximum absolute atomic E-state index is 5.85. The van der Waals surface area contributed by atoms with Gasteiger partial charge in [-0.1, -0.05) is 58.3 Å².